The van der Waals surface area contributed by atoms with Crippen LogP contribution < -0.4 is 20.7 Å². The van der Waals surface area contributed by atoms with Crippen LogP contribution in [-0.4, -0.2) is 64.5 Å². The average Bonchev–Trinajstić information content (AvgIpc) is 3.64. The number of thiophene rings is 1. The Balaban J connectivity index is 1.39. The number of carbonyl (C=O) groups is 4. The van der Waals surface area contributed by atoms with E-state index in [0.29, 0.717) is 17.3 Å². The molecule has 2 aromatic heterocycles. The Morgan fingerprint density at radius 3 is 2.10 bits per heavy atom. The van der Waals surface area contributed by atoms with Crippen molar-refractivity contribution < 1.29 is 29.0 Å². The van der Waals surface area contributed by atoms with Gasteiger partial charge in [-0.05, 0) is 47.2 Å². The number of carbonyl (C=O) groups excluding carboxylic acids is 3. The van der Waals surface area contributed by atoms with E-state index in [1.54, 1.807) is 18.5 Å². The highest BCUT2D eigenvalue weighted by Crippen LogP contribution is 2.29. The molecule has 4 aromatic rings. The zero-order valence-corrected chi connectivity index (χ0v) is 30.5. The SMILES string of the molecule is CCCCCCCOc1ccc(-c2cnc(-c3ccc(CC(NC(=O)c4ccc(C(C)(C)C)s4)C(=O)NCC(=O)NCC(=O)O)cc3)nc2)cc1. The number of carboxylic acids is 1. The first-order valence-corrected chi connectivity index (χ1v) is 18.1. The van der Waals surface area contributed by atoms with Crippen LogP contribution in [0.25, 0.3) is 22.5 Å². The van der Waals surface area contributed by atoms with Crippen molar-refractivity contribution in [2.45, 2.75) is 77.7 Å². The van der Waals surface area contributed by atoms with E-state index in [9.17, 15) is 19.2 Å². The number of nitrogens with zero attached hydrogens (tertiary/aromatic N) is 2. The van der Waals surface area contributed by atoms with Gasteiger partial charge in [0.1, 0.15) is 18.3 Å². The van der Waals surface area contributed by atoms with Crippen LogP contribution in [0.15, 0.2) is 73.1 Å². The standard InChI is InChI=1S/C39H47N5O6S/c1-5-6-7-8-9-20-50-30-16-14-27(15-17-30)29-22-41-36(42-23-29)28-12-10-26(11-13-28)21-31(37(48)43-24-34(45)40-25-35(46)47)44-38(49)32-18-19-33(51-32)39(2,3)4/h10-19,22-23,31H,5-9,20-21,24-25H2,1-4H3,(H,40,45)(H,43,48)(H,44,49)(H,46,47). The van der Waals surface area contributed by atoms with Crippen LogP contribution in [0.4, 0.5) is 0 Å². The molecule has 2 heterocycles. The Labute approximate surface area is 303 Å². The normalized spacial score (nSPS) is 11.8. The van der Waals surface area contributed by atoms with E-state index in [-0.39, 0.29) is 11.8 Å². The van der Waals surface area contributed by atoms with E-state index >= 15 is 0 Å². The average molecular weight is 714 g/mol. The Morgan fingerprint density at radius 1 is 0.804 bits per heavy atom. The van der Waals surface area contributed by atoms with E-state index in [1.165, 1.54) is 37.0 Å². The van der Waals surface area contributed by atoms with Crippen LogP contribution in [0.2, 0.25) is 0 Å². The Bertz CT molecular complexity index is 1750. The third-order valence-corrected chi connectivity index (χ3v) is 9.57. The number of nitrogens with one attached hydrogen (secondary N) is 3. The lowest BCUT2D eigenvalue weighted by Crippen LogP contribution is -2.50. The fourth-order valence-electron chi connectivity index (χ4n) is 5.12. The lowest BCUT2D eigenvalue weighted by atomic mass is 9.95. The molecule has 11 nitrogen and oxygen atoms in total. The van der Waals surface area contributed by atoms with Crippen LogP contribution >= 0.6 is 11.3 Å². The van der Waals surface area contributed by atoms with Crippen molar-refractivity contribution in [2.24, 2.45) is 0 Å². The van der Waals surface area contributed by atoms with Crippen molar-refractivity contribution in [2.75, 3.05) is 19.7 Å². The fraction of sp³-hybridized carbons (Fsp3) is 0.385. The lowest BCUT2D eigenvalue weighted by molar-refractivity contribution is -0.137. The molecule has 4 N–H and O–H groups in total. The molecule has 2 aromatic carbocycles. The molecule has 0 aliphatic rings. The van der Waals surface area contributed by atoms with E-state index in [0.717, 1.165) is 39.3 Å². The maximum absolute atomic E-state index is 13.2. The molecular weight excluding hydrogens is 667 g/mol. The van der Waals surface area contributed by atoms with Crippen LogP contribution in [0, 0.1) is 0 Å². The summed E-state index contributed by atoms with van der Waals surface area (Å²) in [6, 6.07) is 17.9. The molecule has 0 saturated carbocycles. The second-order valence-electron chi connectivity index (χ2n) is 13.3. The summed E-state index contributed by atoms with van der Waals surface area (Å²) >= 11 is 1.36. The maximum Gasteiger partial charge on any atom is 0.322 e. The minimum atomic E-state index is -1.20. The van der Waals surface area contributed by atoms with Crippen molar-refractivity contribution >= 4 is 35.0 Å². The Kier molecular flexibility index (Phi) is 14.2. The van der Waals surface area contributed by atoms with Gasteiger partial charge in [-0.25, -0.2) is 9.97 Å². The van der Waals surface area contributed by atoms with Crippen molar-refractivity contribution in [3.8, 4) is 28.3 Å². The van der Waals surface area contributed by atoms with Gasteiger partial charge in [0.15, 0.2) is 5.82 Å². The monoisotopic (exact) mass is 713 g/mol. The van der Waals surface area contributed by atoms with E-state index < -0.39 is 42.8 Å². The molecule has 1 atom stereocenters. The highest BCUT2D eigenvalue weighted by molar-refractivity contribution is 7.14. The number of aliphatic carboxylic acids is 1. The van der Waals surface area contributed by atoms with E-state index in [2.05, 4.69) is 53.6 Å². The number of benzene rings is 2. The first-order chi connectivity index (χ1) is 24.4. The molecule has 0 bridgehead atoms. The summed E-state index contributed by atoms with van der Waals surface area (Å²) in [4.78, 5) is 59.9. The molecule has 0 saturated heterocycles. The number of hydrogen-bond acceptors (Lipinski definition) is 8. The van der Waals surface area contributed by atoms with Crippen molar-refractivity contribution in [1.29, 1.82) is 0 Å². The lowest BCUT2D eigenvalue weighted by Gasteiger charge is -2.19. The van der Waals surface area contributed by atoms with Gasteiger partial charge in [-0.15, -0.1) is 11.3 Å². The molecule has 0 fully saturated rings. The van der Waals surface area contributed by atoms with Crippen LogP contribution in [0.5, 0.6) is 5.75 Å². The predicted molar refractivity (Wildman–Crippen MR) is 199 cm³/mol. The molecule has 1 unspecified atom stereocenters. The molecular formula is C39H47N5O6S. The highest BCUT2D eigenvalue weighted by Gasteiger charge is 2.25. The van der Waals surface area contributed by atoms with E-state index in [4.69, 9.17) is 9.84 Å². The smallest absolute Gasteiger partial charge is 0.322 e. The Hall–Kier alpha value is -5.10. The topological polar surface area (TPSA) is 160 Å². The van der Waals surface area contributed by atoms with Crippen LogP contribution in [0.3, 0.4) is 0 Å². The second-order valence-corrected chi connectivity index (χ2v) is 14.4. The third-order valence-electron chi connectivity index (χ3n) is 8.06. The van der Waals surface area contributed by atoms with Gasteiger partial charge in [-0.1, -0.05) is 89.8 Å². The molecule has 0 spiro atoms. The first-order valence-electron chi connectivity index (χ1n) is 17.2. The number of unbranched alkanes of at least 4 members (excludes halogenated alkanes) is 4. The van der Waals surface area contributed by atoms with Gasteiger partial charge < -0.3 is 25.8 Å². The summed E-state index contributed by atoms with van der Waals surface area (Å²) in [6.07, 6.45) is 9.67. The first kappa shape index (κ1) is 38.7. The summed E-state index contributed by atoms with van der Waals surface area (Å²) in [5.41, 5.74) is 3.26. The quantitative estimate of drug-likeness (QED) is 0.0891. The number of rotatable bonds is 18. The van der Waals surface area contributed by atoms with Crippen molar-refractivity contribution in [3.05, 3.63) is 88.4 Å². The maximum atomic E-state index is 13.2. The summed E-state index contributed by atoms with van der Waals surface area (Å²) < 4.78 is 5.88. The van der Waals surface area contributed by atoms with Crippen LogP contribution in [0.1, 0.15) is 79.9 Å². The molecule has 0 radical (unpaired) electrons. The summed E-state index contributed by atoms with van der Waals surface area (Å²) in [5, 5.41) is 16.3. The number of carboxylic acid groups (broad SMARTS) is 1. The predicted octanol–water partition coefficient (Wildman–Crippen LogP) is 6.18. The number of hydrogen-bond donors (Lipinski definition) is 4. The summed E-state index contributed by atoms with van der Waals surface area (Å²) in [6.45, 7) is 8.09. The zero-order chi connectivity index (χ0) is 36.8. The van der Waals surface area contributed by atoms with Gasteiger partial charge in [0.25, 0.3) is 5.91 Å². The molecule has 4 rings (SSSR count). The minimum Gasteiger partial charge on any atom is -0.494 e. The number of ether oxygens (including phenoxy) is 1. The molecule has 0 aliphatic heterocycles. The van der Waals surface area contributed by atoms with E-state index in [1.807, 2.05) is 54.6 Å². The fourth-order valence-corrected chi connectivity index (χ4v) is 6.09. The van der Waals surface area contributed by atoms with Gasteiger partial charge in [-0.2, -0.15) is 0 Å². The van der Waals surface area contributed by atoms with Gasteiger partial charge in [0.05, 0.1) is 18.0 Å². The summed E-state index contributed by atoms with van der Waals surface area (Å²) in [5.74, 6) is -1.46. The molecule has 51 heavy (non-hydrogen) atoms. The van der Waals surface area contributed by atoms with Gasteiger partial charge in [0.2, 0.25) is 11.8 Å². The highest BCUT2D eigenvalue weighted by atomic mass is 32.1. The molecule has 12 heteroatoms. The molecule has 3 amide bonds. The van der Waals surface area contributed by atoms with Crippen LogP contribution in [-0.2, 0) is 26.2 Å². The Morgan fingerprint density at radius 2 is 1.47 bits per heavy atom. The van der Waals surface area contributed by atoms with Crippen molar-refractivity contribution in [3.63, 3.8) is 0 Å². The van der Waals surface area contributed by atoms with Gasteiger partial charge >= 0.3 is 5.97 Å². The minimum absolute atomic E-state index is 0.136. The number of amides is 3. The summed E-state index contributed by atoms with van der Waals surface area (Å²) in [7, 11) is 0. The molecule has 0 aliphatic carbocycles. The largest absolute Gasteiger partial charge is 0.494 e. The van der Waals surface area contributed by atoms with Crippen molar-refractivity contribution in [1.82, 2.24) is 25.9 Å². The molecule has 270 valence electrons. The second kappa shape index (κ2) is 18.8. The van der Waals surface area contributed by atoms with Gasteiger partial charge in [-0.3, -0.25) is 19.2 Å². The third kappa shape index (κ3) is 12.3. The zero-order valence-electron chi connectivity index (χ0n) is 29.7. The van der Waals surface area contributed by atoms with Gasteiger partial charge in [0, 0.05) is 34.8 Å². The number of aromatic nitrogens is 2.